The number of fused-ring (bicyclic) bond motifs is 1. The second-order valence-corrected chi connectivity index (χ2v) is 5.32. The van der Waals surface area contributed by atoms with E-state index >= 15 is 0 Å². The Morgan fingerprint density at radius 3 is 2.94 bits per heavy atom. The third-order valence-electron chi connectivity index (χ3n) is 2.91. The van der Waals surface area contributed by atoms with Gasteiger partial charge < -0.3 is 4.74 Å². The van der Waals surface area contributed by atoms with E-state index in [1.165, 1.54) is 10.4 Å². The summed E-state index contributed by atoms with van der Waals surface area (Å²) in [5, 5.41) is 2.08. The van der Waals surface area contributed by atoms with E-state index in [0.29, 0.717) is 6.61 Å². The molecule has 1 aliphatic rings. The quantitative estimate of drug-likeness (QED) is 0.726. The van der Waals surface area contributed by atoms with Crippen LogP contribution in [0.15, 0.2) is 41.8 Å². The van der Waals surface area contributed by atoms with Crippen molar-refractivity contribution in [1.82, 2.24) is 0 Å². The van der Waals surface area contributed by atoms with Crippen LogP contribution >= 0.6 is 22.9 Å². The average Bonchev–Trinajstić information content (AvgIpc) is 2.98. The van der Waals surface area contributed by atoms with Crippen LogP contribution in [0.1, 0.15) is 21.7 Å². The van der Waals surface area contributed by atoms with Gasteiger partial charge in [0.2, 0.25) is 0 Å². The monoisotopic (exact) mass is 250 g/mol. The molecule has 0 spiro atoms. The van der Waals surface area contributed by atoms with E-state index < -0.39 is 0 Å². The van der Waals surface area contributed by atoms with Gasteiger partial charge in [0.15, 0.2) is 0 Å². The van der Waals surface area contributed by atoms with Crippen LogP contribution in [0.25, 0.3) is 0 Å². The molecule has 0 saturated heterocycles. The maximum absolute atomic E-state index is 6.51. The first-order valence-electron chi connectivity index (χ1n) is 5.25. The van der Waals surface area contributed by atoms with Crippen molar-refractivity contribution in [1.29, 1.82) is 0 Å². The number of ether oxygens (including phenoxy) is 1. The van der Waals surface area contributed by atoms with E-state index in [2.05, 4.69) is 17.5 Å². The highest BCUT2D eigenvalue weighted by Gasteiger charge is 2.31. The third-order valence-corrected chi connectivity index (χ3v) is 4.53. The van der Waals surface area contributed by atoms with Crippen LogP contribution in [-0.4, -0.2) is 6.61 Å². The summed E-state index contributed by atoms with van der Waals surface area (Å²) in [4.78, 5) is 1.21. The normalized spacial score (nSPS) is 20.2. The number of thiophene rings is 1. The van der Waals surface area contributed by atoms with E-state index in [-0.39, 0.29) is 11.3 Å². The van der Waals surface area contributed by atoms with Crippen molar-refractivity contribution >= 4 is 22.9 Å². The van der Waals surface area contributed by atoms with Crippen molar-refractivity contribution < 1.29 is 4.74 Å². The lowest BCUT2D eigenvalue weighted by Gasteiger charge is -2.14. The van der Waals surface area contributed by atoms with Crippen molar-refractivity contribution in [2.24, 2.45) is 0 Å². The minimum Gasteiger partial charge on any atom is -0.493 e. The summed E-state index contributed by atoms with van der Waals surface area (Å²) in [5.41, 5.74) is 1.23. The molecule has 1 aromatic heterocycles. The topological polar surface area (TPSA) is 9.23 Å². The Bertz CT molecular complexity index is 480. The van der Waals surface area contributed by atoms with Crippen molar-refractivity contribution in [2.45, 2.75) is 11.3 Å². The molecule has 0 bridgehead atoms. The standard InChI is InChI=1S/C13H11ClOS/c14-13(12-6-3-7-16-12)10-8-15-11-5-2-1-4-9(10)11/h1-7,10,13H,8H2. The molecule has 0 fully saturated rings. The molecule has 2 heterocycles. The molecule has 0 N–H and O–H groups in total. The van der Waals surface area contributed by atoms with E-state index in [1.807, 2.05) is 24.3 Å². The van der Waals surface area contributed by atoms with Gasteiger partial charge in [0.25, 0.3) is 0 Å². The summed E-state index contributed by atoms with van der Waals surface area (Å²) in [6.45, 7) is 0.686. The van der Waals surface area contributed by atoms with Crippen LogP contribution in [0, 0.1) is 0 Å². The number of hydrogen-bond acceptors (Lipinski definition) is 2. The molecule has 2 unspecified atom stereocenters. The number of para-hydroxylation sites is 1. The number of rotatable bonds is 2. The van der Waals surface area contributed by atoms with Crippen LogP contribution in [-0.2, 0) is 0 Å². The zero-order valence-corrected chi connectivity index (χ0v) is 10.2. The SMILES string of the molecule is ClC(c1cccs1)C1COc2ccccc21. The van der Waals surface area contributed by atoms with Crippen LogP contribution in [0.3, 0.4) is 0 Å². The molecule has 2 aromatic rings. The largest absolute Gasteiger partial charge is 0.493 e. The molecule has 0 saturated carbocycles. The molecule has 1 nitrogen and oxygen atoms in total. The predicted molar refractivity (Wildman–Crippen MR) is 67.6 cm³/mol. The molecule has 1 aromatic carbocycles. The van der Waals surface area contributed by atoms with Gasteiger partial charge in [0.05, 0.1) is 12.0 Å². The van der Waals surface area contributed by atoms with Crippen LogP contribution in [0.2, 0.25) is 0 Å². The summed E-state index contributed by atoms with van der Waals surface area (Å²) >= 11 is 8.22. The fourth-order valence-corrected chi connectivity index (χ4v) is 3.28. The van der Waals surface area contributed by atoms with Gasteiger partial charge in [-0.05, 0) is 17.5 Å². The van der Waals surface area contributed by atoms with Gasteiger partial charge in [-0.3, -0.25) is 0 Å². The van der Waals surface area contributed by atoms with Crippen molar-refractivity contribution in [2.75, 3.05) is 6.61 Å². The smallest absolute Gasteiger partial charge is 0.122 e. The molecule has 82 valence electrons. The summed E-state index contributed by atoms with van der Waals surface area (Å²) in [6.07, 6.45) is 0. The highest BCUT2D eigenvalue weighted by Crippen LogP contribution is 2.45. The molecule has 2 atom stereocenters. The van der Waals surface area contributed by atoms with E-state index in [1.54, 1.807) is 11.3 Å². The number of benzene rings is 1. The zero-order chi connectivity index (χ0) is 11.0. The highest BCUT2D eigenvalue weighted by atomic mass is 35.5. The van der Waals surface area contributed by atoms with Crippen LogP contribution in [0.5, 0.6) is 5.75 Å². The van der Waals surface area contributed by atoms with Gasteiger partial charge >= 0.3 is 0 Å². The summed E-state index contributed by atoms with van der Waals surface area (Å²) in [5.74, 6) is 1.26. The van der Waals surface area contributed by atoms with Gasteiger partial charge in [0, 0.05) is 16.4 Å². The summed E-state index contributed by atoms with van der Waals surface area (Å²) in [6, 6.07) is 12.3. The first-order chi connectivity index (χ1) is 7.86. The lowest BCUT2D eigenvalue weighted by molar-refractivity contribution is 0.328. The maximum atomic E-state index is 6.51. The Balaban J connectivity index is 1.93. The fraction of sp³-hybridized carbons (Fsp3) is 0.231. The van der Waals surface area contributed by atoms with Crippen LogP contribution in [0.4, 0.5) is 0 Å². The fourth-order valence-electron chi connectivity index (χ4n) is 2.08. The Labute approximate surface area is 104 Å². The number of alkyl halides is 1. The summed E-state index contributed by atoms with van der Waals surface area (Å²) in [7, 11) is 0. The molecule has 0 amide bonds. The van der Waals surface area contributed by atoms with Crippen molar-refractivity contribution in [3.05, 3.63) is 52.2 Å². The number of halogens is 1. The summed E-state index contributed by atoms with van der Waals surface area (Å²) < 4.78 is 5.65. The Kier molecular flexibility index (Phi) is 2.62. The molecule has 3 rings (SSSR count). The first-order valence-corrected chi connectivity index (χ1v) is 6.57. The minimum atomic E-state index is 0.0173. The second kappa shape index (κ2) is 4.11. The lowest BCUT2D eigenvalue weighted by Crippen LogP contribution is -2.06. The van der Waals surface area contributed by atoms with Gasteiger partial charge in [-0.2, -0.15) is 0 Å². The Hall–Kier alpha value is -0.990. The molecule has 1 aliphatic heterocycles. The van der Waals surface area contributed by atoms with Crippen molar-refractivity contribution in [3.63, 3.8) is 0 Å². The van der Waals surface area contributed by atoms with E-state index in [9.17, 15) is 0 Å². The van der Waals surface area contributed by atoms with E-state index in [4.69, 9.17) is 16.3 Å². The first kappa shape index (κ1) is 10.2. The Morgan fingerprint density at radius 2 is 2.12 bits per heavy atom. The number of hydrogen-bond donors (Lipinski definition) is 0. The zero-order valence-electron chi connectivity index (χ0n) is 8.60. The van der Waals surface area contributed by atoms with Gasteiger partial charge in [-0.15, -0.1) is 22.9 Å². The molecule has 16 heavy (non-hydrogen) atoms. The van der Waals surface area contributed by atoms with Gasteiger partial charge in [-0.1, -0.05) is 24.3 Å². The van der Waals surface area contributed by atoms with Crippen LogP contribution < -0.4 is 4.74 Å². The van der Waals surface area contributed by atoms with E-state index in [0.717, 1.165) is 5.75 Å². The molecule has 0 radical (unpaired) electrons. The Morgan fingerprint density at radius 1 is 1.25 bits per heavy atom. The van der Waals surface area contributed by atoms with Crippen molar-refractivity contribution in [3.8, 4) is 5.75 Å². The maximum Gasteiger partial charge on any atom is 0.122 e. The lowest BCUT2D eigenvalue weighted by atomic mass is 9.97. The highest BCUT2D eigenvalue weighted by molar-refractivity contribution is 7.10. The second-order valence-electron chi connectivity index (χ2n) is 3.87. The molecular formula is C13H11ClOS. The van der Waals surface area contributed by atoms with Gasteiger partial charge in [-0.25, -0.2) is 0 Å². The average molecular weight is 251 g/mol. The molecule has 3 heteroatoms. The molecular weight excluding hydrogens is 240 g/mol. The van der Waals surface area contributed by atoms with Gasteiger partial charge in [0.1, 0.15) is 5.75 Å². The third kappa shape index (κ3) is 1.62. The molecule has 0 aliphatic carbocycles. The predicted octanol–water partition coefficient (Wildman–Crippen LogP) is 4.20. The minimum absolute atomic E-state index is 0.0173.